The zero-order chi connectivity index (χ0) is 12.8. The lowest BCUT2D eigenvalue weighted by atomic mass is 9.90. The molecule has 0 N–H and O–H groups in total. The maximum Gasteiger partial charge on any atom is 0.389 e. The minimum atomic E-state index is -4.14. The van der Waals surface area contributed by atoms with Crippen molar-refractivity contribution in [2.45, 2.75) is 64.7 Å². The summed E-state index contributed by atoms with van der Waals surface area (Å²) in [6.45, 7) is 4.92. The molecule has 0 radical (unpaired) electrons. The van der Waals surface area contributed by atoms with Crippen LogP contribution in [0, 0.1) is 0 Å². The summed E-state index contributed by atoms with van der Waals surface area (Å²) in [5.74, 6) is -0.435. The van der Waals surface area contributed by atoms with Gasteiger partial charge in [0.2, 0.25) is 0 Å². The van der Waals surface area contributed by atoms with E-state index in [-0.39, 0.29) is 12.8 Å². The molecule has 0 saturated heterocycles. The van der Waals surface area contributed by atoms with E-state index in [0.717, 1.165) is 0 Å². The first-order chi connectivity index (χ1) is 7.24. The lowest BCUT2D eigenvalue weighted by Gasteiger charge is -2.31. The van der Waals surface area contributed by atoms with Gasteiger partial charge in [0.1, 0.15) is 5.60 Å². The molecule has 96 valence electrons. The number of carbonyl (C=O) groups excluding carboxylic acids is 1. The second kappa shape index (κ2) is 6.11. The van der Waals surface area contributed by atoms with E-state index in [9.17, 15) is 18.0 Å². The van der Waals surface area contributed by atoms with Crippen LogP contribution in [-0.2, 0) is 9.53 Å². The summed E-state index contributed by atoms with van der Waals surface area (Å²) in [4.78, 5) is 10.9. The van der Waals surface area contributed by atoms with Crippen molar-refractivity contribution in [3.8, 4) is 0 Å². The Hall–Kier alpha value is -0.740. The van der Waals surface area contributed by atoms with Gasteiger partial charge in [-0.25, -0.2) is 0 Å². The predicted octanol–water partition coefficient (Wildman–Crippen LogP) is 3.84. The molecule has 0 aromatic carbocycles. The zero-order valence-electron chi connectivity index (χ0n) is 9.99. The predicted molar refractivity (Wildman–Crippen MR) is 55.0 cm³/mol. The quantitative estimate of drug-likeness (QED) is 0.659. The fourth-order valence-corrected chi connectivity index (χ4v) is 1.71. The molecule has 0 unspecified atom stereocenters. The first-order valence-corrected chi connectivity index (χ1v) is 5.51. The highest BCUT2D eigenvalue weighted by atomic mass is 19.4. The Bertz CT molecular complexity index is 220. The van der Waals surface area contributed by atoms with E-state index in [1.807, 2.05) is 13.8 Å². The van der Waals surface area contributed by atoms with Gasteiger partial charge in [-0.15, -0.1) is 0 Å². The topological polar surface area (TPSA) is 26.3 Å². The number of halogens is 3. The molecule has 0 saturated carbocycles. The van der Waals surface area contributed by atoms with Gasteiger partial charge in [0, 0.05) is 13.3 Å². The van der Waals surface area contributed by atoms with Gasteiger partial charge in [-0.05, 0) is 25.7 Å². The van der Waals surface area contributed by atoms with Crippen LogP contribution < -0.4 is 0 Å². The van der Waals surface area contributed by atoms with Gasteiger partial charge in [0.05, 0.1) is 0 Å². The Morgan fingerprint density at radius 3 is 1.94 bits per heavy atom. The average molecular weight is 240 g/mol. The Morgan fingerprint density at radius 2 is 1.62 bits per heavy atom. The number of alkyl halides is 3. The van der Waals surface area contributed by atoms with Crippen molar-refractivity contribution in [2.24, 2.45) is 0 Å². The minimum absolute atomic E-state index is 0.00153. The van der Waals surface area contributed by atoms with E-state index in [1.165, 1.54) is 6.92 Å². The third-order valence-corrected chi connectivity index (χ3v) is 2.74. The highest BCUT2D eigenvalue weighted by molar-refractivity contribution is 5.66. The molecule has 0 aliphatic carbocycles. The Balaban J connectivity index is 4.27. The molecule has 0 aliphatic rings. The molecule has 0 amide bonds. The van der Waals surface area contributed by atoms with E-state index in [4.69, 9.17) is 4.74 Å². The van der Waals surface area contributed by atoms with Crippen LogP contribution in [0.4, 0.5) is 13.2 Å². The normalized spacial score (nSPS) is 12.6. The van der Waals surface area contributed by atoms with Gasteiger partial charge in [-0.3, -0.25) is 4.79 Å². The molecule has 0 aromatic rings. The van der Waals surface area contributed by atoms with Crippen molar-refractivity contribution >= 4 is 5.97 Å². The molecular formula is C11H19F3O2. The van der Waals surface area contributed by atoms with Crippen LogP contribution in [0.1, 0.15) is 52.9 Å². The number of rotatable bonds is 6. The average Bonchev–Trinajstić information content (AvgIpc) is 2.13. The van der Waals surface area contributed by atoms with Crippen molar-refractivity contribution in [1.82, 2.24) is 0 Å². The number of esters is 1. The van der Waals surface area contributed by atoms with E-state index in [1.54, 1.807) is 0 Å². The van der Waals surface area contributed by atoms with Crippen molar-refractivity contribution in [3.63, 3.8) is 0 Å². The van der Waals surface area contributed by atoms with Gasteiger partial charge < -0.3 is 4.74 Å². The Kier molecular flexibility index (Phi) is 5.83. The summed E-state index contributed by atoms with van der Waals surface area (Å²) in [5, 5.41) is 0. The third-order valence-electron chi connectivity index (χ3n) is 2.74. The minimum Gasteiger partial charge on any atom is -0.459 e. The molecule has 5 heteroatoms. The van der Waals surface area contributed by atoms with E-state index in [2.05, 4.69) is 0 Å². The Morgan fingerprint density at radius 1 is 1.12 bits per heavy atom. The first-order valence-electron chi connectivity index (χ1n) is 5.51. The summed E-state index contributed by atoms with van der Waals surface area (Å²) in [5.41, 5.74) is -0.725. The molecule has 0 heterocycles. The van der Waals surface area contributed by atoms with Crippen LogP contribution in [-0.4, -0.2) is 17.7 Å². The molecule has 0 fully saturated rings. The van der Waals surface area contributed by atoms with E-state index in [0.29, 0.717) is 12.8 Å². The van der Waals surface area contributed by atoms with Gasteiger partial charge in [0.15, 0.2) is 0 Å². The molecule has 0 aromatic heterocycles. The maximum atomic E-state index is 12.0. The highest BCUT2D eigenvalue weighted by Gasteiger charge is 2.32. The summed E-state index contributed by atoms with van der Waals surface area (Å²) in [6.07, 6.45) is -3.61. The van der Waals surface area contributed by atoms with Gasteiger partial charge in [-0.2, -0.15) is 13.2 Å². The summed E-state index contributed by atoms with van der Waals surface area (Å²) in [7, 11) is 0. The van der Waals surface area contributed by atoms with E-state index >= 15 is 0 Å². The number of carbonyl (C=O) groups is 1. The molecule has 0 bridgehead atoms. The summed E-state index contributed by atoms with van der Waals surface area (Å²) >= 11 is 0. The number of ether oxygens (including phenoxy) is 1. The third kappa shape index (κ3) is 5.98. The van der Waals surface area contributed by atoms with Gasteiger partial charge in [0.25, 0.3) is 0 Å². The lowest BCUT2D eigenvalue weighted by Crippen LogP contribution is -2.33. The second-order valence-corrected chi connectivity index (χ2v) is 3.95. The monoisotopic (exact) mass is 240 g/mol. The van der Waals surface area contributed by atoms with Crippen LogP contribution in [0.3, 0.4) is 0 Å². The Labute approximate surface area is 94.2 Å². The van der Waals surface area contributed by atoms with Crippen molar-refractivity contribution in [2.75, 3.05) is 0 Å². The standard InChI is InChI=1S/C11H19F3O2/c1-4-10(5-2,16-9(3)15)7-6-8-11(12,13)14/h4-8H2,1-3H3. The molecule has 0 rings (SSSR count). The van der Waals surface area contributed by atoms with Crippen LogP contribution in [0.2, 0.25) is 0 Å². The molecule has 0 atom stereocenters. The zero-order valence-corrected chi connectivity index (χ0v) is 9.99. The number of hydrogen-bond donors (Lipinski definition) is 0. The lowest BCUT2D eigenvalue weighted by molar-refractivity contribution is -0.161. The fourth-order valence-electron chi connectivity index (χ4n) is 1.71. The van der Waals surface area contributed by atoms with Crippen LogP contribution in [0.5, 0.6) is 0 Å². The van der Waals surface area contributed by atoms with Gasteiger partial charge >= 0.3 is 12.1 Å². The molecule has 16 heavy (non-hydrogen) atoms. The van der Waals surface area contributed by atoms with Crippen molar-refractivity contribution in [3.05, 3.63) is 0 Å². The number of hydrogen-bond acceptors (Lipinski definition) is 2. The SMILES string of the molecule is CCC(CC)(CCCC(F)(F)F)OC(C)=O. The maximum absolute atomic E-state index is 12.0. The van der Waals surface area contributed by atoms with E-state index < -0.39 is 24.2 Å². The molecule has 0 aliphatic heterocycles. The summed E-state index contributed by atoms with van der Waals surface area (Å²) < 4.78 is 41.1. The molecule has 2 nitrogen and oxygen atoms in total. The smallest absolute Gasteiger partial charge is 0.389 e. The van der Waals surface area contributed by atoms with Crippen molar-refractivity contribution < 1.29 is 22.7 Å². The van der Waals surface area contributed by atoms with Crippen LogP contribution >= 0.6 is 0 Å². The van der Waals surface area contributed by atoms with Crippen molar-refractivity contribution in [1.29, 1.82) is 0 Å². The van der Waals surface area contributed by atoms with Gasteiger partial charge in [-0.1, -0.05) is 13.8 Å². The van der Waals surface area contributed by atoms with Crippen LogP contribution in [0.25, 0.3) is 0 Å². The molecular weight excluding hydrogens is 221 g/mol. The molecule has 0 spiro atoms. The highest BCUT2D eigenvalue weighted by Crippen LogP contribution is 2.30. The fraction of sp³-hybridized carbons (Fsp3) is 0.909. The second-order valence-electron chi connectivity index (χ2n) is 3.95. The van der Waals surface area contributed by atoms with Crippen LogP contribution in [0.15, 0.2) is 0 Å². The first kappa shape index (κ1) is 15.3. The largest absolute Gasteiger partial charge is 0.459 e. The summed E-state index contributed by atoms with van der Waals surface area (Å²) in [6, 6.07) is 0.